The van der Waals surface area contributed by atoms with Crippen molar-refractivity contribution in [3.63, 3.8) is 0 Å². The van der Waals surface area contributed by atoms with Crippen LogP contribution < -0.4 is 0 Å². The minimum absolute atomic E-state index is 0. The molecule has 45 heavy (non-hydrogen) atoms. The summed E-state index contributed by atoms with van der Waals surface area (Å²) in [4.78, 5) is 21.0. The van der Waals surface area contributed by atoms with Crippen molar-refractivity contribution < 1.29 is 30.0 Å². The SMILES string of the molecule is CCC(CC)C(=O)/C=C(\O)C(CC)CC.Cc1cc2c(cc1CC(C)(C)C)sc1c(-c3[c-]c4ccccc4cc3)ncnc12.[Ir]. The molecule has 0 aliphatic rings. The van der Waals surface area contributed by atoms with Gasteiger partial charge in [-0.05, 0) is 67.7 Å². The molecule has 5 aromatic rings. The van der Waals surface area contributed by atoms with Crippen LogP contribution in [0.5, 0.6) is 0 Å². The molecule has 1 radical (unpaired) electrons. The van der Waals surface area contributed by atoms with Crippen LogP contribution in [-0.2, 0) is 31.3 Å². The van der Waals surface area contributed by atoms with E-state index in [4.69, 9.17) is 0 Å². The largest absolute Gasteiger partial charge is 0.512 e. The summed E-state index contributed by atoms with van der Waals surface area (Å²) in [6.07, 6.45) is 7.66. The Hall–Kier alpha value is -2.92. The molecule has 0 saturated heterocycles. The molecule has 0 fully saturated rings. The molecule has 0 unspecified atom stereocenters. The van der Waals surface area contributed by atoms with Gasteiger partial charge in [0, 0.05) is 58.5 Å². The monoisotopic (exact) mass is 800 g/mol. The van der Waals surface area contributed by atoms with Gasteiger partial charge in [-0.25, -0.2) is 4.98 Å². The first kappa shape index (κ1) is 36.5. The molecule has 0 amide bonds. The molecule has 0 bridgehead atoms. The average Bonchev–Trinajstić information content (AvgIpc) is 3.35. The maximum Gasteiger partial charge on any atom is 0.162 e. The fraction of sp³-hybridized carbons (Fsp3) is 0.410. The Morgan fingerprint density at radius 1 is 0.956 bits per heavy atom. The fourth-order valence-corrected chi connectivity index (χ4v) is 6.96. The van der Waals surface area contributed by atoms with E-state index in [0.29, 0.717) is 0 Å². The van der Waals surface area contributed by atoms with Gasteiger partial charge >= 0.3 is 0 Å². The first-order chi connectivity index (χ1) is 21.0. The fourth-order valence-electron chi connectivity index (χ4n) is 5.76. The van der Waals surface area contributed by atoms with Gasteiger partial charge in [0.15, 0.2) is 5.78 Å². The second kappa shape index (κ2) is 16.1. The van der Waals surface area contributed by atoms with Crippen molar-refractivity contribution in [2.45, 2.75) is 87.5 Å². The van der Waals surface area contributed by atoms with Gasteiger partial charge < -0.3 is 5.11 Å². The summed E-state index contributed by atoms with van der Waals surface area (Å²) < 4.78 is 2.42. The van der Waals surface area contributed by atoms with Crippen molar-refractivity contribution in [3.8, 4) is 11.3 Å². The number of carbonyl (C=O) groups excluding carboxylic acids is 1. The maximum absolute atomic E-state index is 11.7. The van der Waals surface area contributed by atoms with Crippen LogP contribution in [0.25, 0.3) is 42.3 Å². The van der Waals surface area contributed by atoms with Crippen LogP contribution in [0.1, 0.15) is 85.3 Å². The van der Waals surface area contributed by atoms with E-state index in [2.05, 4.69) is 92.3 Å². The number of nitrogens with zero attached hydrogens (tertiary/aromatic N) is 2. The van der Waals surface area contributed by atoms with Crippen molar-refractivity contribution in [1.29, 1.82) is 0 Å². The van der Waals surface area contributed by atoms with E-state index >= 15 is 0 Å². The third-order valence-electron chi connectivity index (χ3n) is 8.43. The van der Waals surface area contributed by atoms with Crippen LogP contribution >= 0.6 is 11.3 Å². The Morgan fingerprint density at radius 3 is 2.27 bits per heavy atom. The standard InChI is InChI=1S/C26H23N2S.C13H24O2.Ir/c1-16-11-21-22(13-20(16)14-26(2,3)4)29-25-23(27-15-28-24(21)25)19-10-9-17-7-5-6-8-18(17)12-19;1-5-10(6-2)12(14)9-13(15)11(7-3)8-4;/h5-11,13,15H,14H2,1-4H3;9-11,14H,5-8H2,1-4H3;/q-1;;/b;12-9-;. The van der Waals surface area contributed by atoms with Gasteiger partial charge in [-0.2, -0.15) is 0 Å². The van der Waals surface area contributed by atoms with Gasteiger partial charge in [-0.3, -0.25) is 9.78 Å². The number of rotatable bonds is 9. The number of aliphatic hydroxyl groups excluding tert-OH is 1. The molecular formula is C39H47IrN2O2S-. The first-order valence-electron chi connectivity index (χ1n) is 16.0. The van der Waals surface area contributed by atoms with Crippen LogP contribution in [0.3, 0.4) is 0 Å². The molecule has 5 rings (SSSR count). The number of aryl methyl sites for hydroxylation is 1. The molecule has 0 atom stereocenters. The number of hydrogen-bond donors (Lipinski definition) is 1. The second-order valence-corrected chi connectivity index (χ2v) is 14.0. The number of thiophene rings is 1. The van der Waals surface area contributed by atoms with E-state index in [1.54, 1.807) is 17.7 Å². The van der Waals surface area contributed by atoms with Crippen LogP contribution in [0.2, 0.25) is 0 Å². The van der Waals surface area contributed by atoms with Gasteiger partial charge in [-0.15, -0.1) is 41.0 Å². The second-order valence-electron chi connectivity index (χ2n) is 13.0. The van der Waals surface area contributed by atoms with Crippen LogP contribution in [0.15, 0.2) is 66.7 Å². The van der Waals surface area contributed by atoms with E-state index in [1.807, 2.05) is 27.7 Å². The summed E-state index contributed by atoms with van der Waals surface area (Å²) >= 11 is 1.79. The van der Waals surface area contributed by atoms with Crippen molar-refractivity contribution >= 4 is 48.2 Å². The molecule has 6 heteroatoms. The number of aliphatic hydroxyl groups is 1. The van der Waals surface area contributed by atoms with Crippen LogP contribution in [-0.4, -0.2) is 20.9 Å². The number of fused-ring (bicyclic) bond motifs is 4. The molecule has 2 aromatic heterocycles. The molecule has 0 saturated carbocycles. The predicted octanol–water partition coefficient (Wildman–Crippen LogP) is 11.2. The van der Waals surface area contributed by atoms with Crippen molar-refractivity contribution in [3.05, 3.63) is 83.9 Å². The Kier molecular flexibility index (Phi) is 13.1. The van der Waals surface area contributed by atoms with Gasteiger partial charge in [0.2, 0.25) is 0 Å². The van der Waals surface area contributed by atoms with E-state index < -0.39 is 0 Å². The average molecular weight is 800 g/mol. The Morgan fingerprint density at radius 2 is 1.62 bits per heavy atom. The molecule has 1 N–H and O–H groups in total. The number of hydrogen-bond acceptors (Lipinski definition) is 5. The smallest absolute Gasteiger partial charge is 0.162 e. The van der Waals surface area contributed by atoms with Gasteiger partial charge in [0.05, 0.1) is 11.3 Å². The number of allylic oxidation sites excluding steroid dienone is 2. The maximum atomic E-state index is 11.7. The predicted molar refractivity (Wildman–Crippen MR) is 188 cm³/mol. The summed E-state index contributed by atoms with van der Waals surface area (Å²) in [5, 5.41) is 13.3. The zero-order chi connectivity index (χ0) is 32.0. The summed E-state index contributed by atoms with van der Waals surface area (Å²) in [6.45, 7) is 17.2. The number of aromatic nitrogens is 2. The number of carbonyl (C=O) groups is 1. The van der Waals surface area contributed by atoms with Crippen LogP contribution in [0.4, 0.5) is 0 Å². The van der Waals surface area contributed by atoms with Gasteiger partial charge in [0.1, 0.15) is 6.33 Å². The Balaban J connectivity index is 0.000000297. The van der Waals surface area contributed by atoms with E-state index in [1.165, 1.54) is 32.7 Å². The molecular weight excluding hydrogens is 753 g/mol. The number of ketones is 1. The molecule has 0 spiro atoms. The summed E-state index contributed by atoms with van der Waals surface area (Å²) in [7, 11) is 0. The third-order valence-corrected chi connectivity index (χ3v) is 9.58. The Labute approximate surface area is 286 Å². The van der Waals surface area contributed by atoms with Crippen molar-refractivity contribution in [2.24, 2.45) is 17.3 Å². The summed E-state index contributed by atoms with van der Waals surface area (Å²) in [5.41, 5.74) is 6.06. The zero-order valence-electron chi connectivity index (χ0n) is 28.0. The van der Waals surface area contributed by atoms with Crippen molar-refractivity contribution in [2.75, 3.05) is 0 Å². The van der Waals surface area contributed by atoms with Crippen LogP contribution in [0, 0.1) is 30.2 Å². The molecule has 2 heterocycles. The van der Waals surface area contributed by atoms with Gasteiger partial charge in [-0.1, -0.05) is 77.6 Å². The topological polar surface area (TPSA) is 63.1 Å². The number of benzene rings is 3. The molecule has 4 nitrogen and oxygen atoms in total. The first-order valence-corrected chi connectivity index (χ1v) is 16.8. The normalized spacial score (nSPS) is 12.1. The van der Waals surface area contributed by atoms with Gasteiger partial charge in [0.25, 0.3) is 0 Å². The van der Waals surface area contributed by atoms with E-state index in [-0.39, 0.29) is 48.9 Å². The third kappa shape index (κ3) is 8.87. The Bertz CT molecular complexity index is 1780. The van der Waals surface area contributed by atoms with E-state index in [9.17, 15) is 9.90 Å². The zero-order valence-corrected chi connectivity index (χ0v) is 31.2. The minimum atomic E-state index is 0. The quantitative estimate of drug-likeness (QED) is 0.0916. The minimum Gasteiger partial charge on any atom is -0.512 e. The molecule has 241 valence electrons. The van der Waals surface area contributed by atoms with E-state index in [0.717, 1.165) is 59.0 Å². The molecule has 3 aromatic carbocycles. The molecule has 0 aliphatic carbocycles. The summed E-state index contributed by atoms with van der Waals surface area (Å²) in [6, 6.07) is 20.8. The van der Waals surface area contributed by atoms with Crippen molar-refractivity contribution in [1.82, 2.24) is 9.97 Å². The molecule has 0 aliphatic heterocycles. The summed E-state index contributed by atoms with van der Waals surface area (Å²) in [5.74, 6) is 0.547.